The normalized spacial score (nSPS) is 28.1. The third kappa shape index (κ3) is 9.68. The predicted octanol–water partition coefficient (Wildman–Crippen LogP) is 5.72. The SMILES string of the molecule is CCOc1ccc2nc(C(F)(F)F)c(OC3CC4C(=O)NC5(C(=O)NS(=O)(=O)C6(C)CC6)CC5C=CCCC(C)CC(C)C(NC(=O)OC(C)(C)C(F)(F)F)C(=O)N4C3)nc2c1. The van der Waals surface area contributed by atoms with Crippen LogP contribution in [0.25, 0.3) is 11.0 Å². The Morgan fingerprint density at radius 2 is 1.73 bits per heavy atom. The molecule has 3 fully saturated rings. The molecule has 4 aliphatic rings. The van der Waals surface area contributed by atoms with Gasteiger partial charge in [0.1, 0.15) is 29.5 Å². The highest BCUT2D eigenvalue weighted by molar-refractivity contribution is 7.91. The van der Waals surface area contributed by atoms with E-state index >= 15 is 0 Å². The van der Waals surface area contributed by atoms with E-state index in [-0.39, 0.29) is 42.1 Å². The number of halogens is 6. The molecule has 1 aromatic carbocycles. The number of aromatic nitrogens is 2. The number of nitrogens with zero attached hydrogens (tertiary/aromatic N) is 3. The molecule has 3 N–H and O–H groups in total. The Morgan fingerprint density at radius 1 is 1.03 bits per heavy atom. The molecule has 3 heterocycles. The molecule has 0 spiro atoms. The Hall–Kier alpha value is -4.89. The molecule has 7 unspecified atom stereocenters. The number of sulfonamides is 1. The molecule has 2 aromatic rings. The predicted molar refractivity (Wildman–Crippen MR) is 209 cm³/mol. The molecule has 22 heteroatoms. The maximum Gasteiger partial charge on any atom is 0.438 e. The lowest BCUT2D eigenvalue weighted by atomic mass is 9.88. The zero-order chi connectivity index (χ0) is 45.8. The molecule has 7 atom stereocenters. The van der Waals surface area contributed by atoms with E-state index in [0.717, 1.165) is 4.90 Å². The lowest BCUT2D eigenvalue weighted by Gasteiger charge is -2.34. The second-order valence-corrected chi connectivity index (χ2v) is 19.6. The molecule has 4 amide bonds. The summed E-state index contributed by atoms with van der Waals surface area (Å²) in [5, 5.41) is 4.89. The van der Waals surface area contributed by atoms with E-state index in [0.29, 0.717) is 39.5 Å². The number of alkyl carbamates (subject to hydrolysis) is 1. The second kappa shape index (κ2) is 16.7. The van der Waals surface area contributed by atoms with Crippen LogP contribution in [0.3, 0.4) is 0 Å². The van der Waals surface area contributed by atoms with E-state index in [4.69, 9.17) is 14.2 Å². The number of benzene rings is 1. The van der Waals surface area contributed by atoms with Gasteiger partial charge in [-0.15, -0.1) is 0 Å². The van der Waals surface area contributed by atoms with Gasteiger partial charge in [-0.1, -0.05) is 26.0 Å². The number of amides is 4. The first-order valence-electron chi connectivity index (χ1n) is 20.3. The monoisotopic (exact) mass is 904 g/mol. The number of allylic oxidation sites excluding steroid dienone is 1. The van der Waals surface area contributed by atoms with Crippen LogP contribution in [0.4, 0.5) is 31.1 Å². The summed E-state index contributed by atoms with van der Waals surface area (Å²) < 4.78 is 128. The average Bonchev–Trinajstić information content (AvgIpc) is 4.04. The van der Waals surface area contributed by atoms with Gasteiger partial charge in [-0.25, -0.2) is 23.2 Å². The maximum absolute atomic E-state index is 14.7. The smallest absolute Gasteiger partial charge is 0.438 e. The number of carbonyl (C=O) groups is 4. The Labute approximate surface area is 354 Å². The quantitative estimate of drug-likeness (QED) is 0.206. The first-order valence-corrected chi connectivity index (χ1v) is 21.8. The molecule has 2 saturated carbocycles. The summed E-state index contributed by atoms with van der Waals surface area (Å²) in [6.07, 6.45) is -8.40. The maximum atomic E-state index is 14.7. The Kier molecular flexibility index (Phi) is 12.5. The van der Waals surface area contributed by atoms with E-state index in [1.165, 1.54) is 25.1 Å². The average molecular weight is 905 g/mol. The summed E-state index contributed by atoms with van der Waals surface area (Å²) in [6, 6.07) is 0.770. The van der Waals surface area contributed by atoms with Gasteiger partial charge in [0.15, 0.2) is 0 Å². The van der Waals surface area contributed by atoms with Gasteiger partial charge in [-0.05, 0) is 90.2 Å². The highest BCUT2D eigenvalue weighted by Crippen LogP contribution is 2.48. The van der Waals surface area contributed by atoms with E-state index in [1.54, 1.807) is 26.0 Å². The summed E-state index contributed by atoms with van der Waals surface area (Å²) in [7, 11) is -4.19. The Balaban J connectivity index is 1.39. The van der Waals surface area contributed by atoms with Crippen LogP contribution in [-0.4, -0.2) is 101 Å². The first-order chi connectivity index (χ1) is 28.7. The van der Waals surface area contributed by atoms with Crippen molar-refractivity contribution in [3.05, 3.63) is 36.0 Å². The second-order valence-electron chi connectivity index (χ2n) is 17.4. The number of carbonyl (C=O) groups excluding carboxylic acids is 4. The molecule has 0 radical (unpaired) electrons. The lowest BCUT2D eigenvalue weighted by Crippen LogP contribution is -2.59. The van der Waals surface area contributed by atoms with Crippen molar-refractivity contribution >= 4 is 44.9 Å². The van der Waals surface area contributed by atoms with Crippen LogP contribution in [0, 0.1) is 17.8 Å². The summed E-state index contributed by atoms with van der Waals surface area (Å²) in [5.41, 5.74) is -6.49. The summed E-state index contributed by atoms with van der Waals surface area (Å²) >= 11 is 0. The van der Waals surface area contributed by atoms with Crippen molar-refractivity contribution in [2.45, 2.75) is 133 Å². The molecule has 2 aliphatic heterocycles. The summed E-state index contributed by atoms with van der Waals surface area (Å²) in [5.74, 6) is -5.40. The fraction of sp³-hybridized carbons (Fsp3) is 0.650. The van der Waals surface area contributed by atoms with Crippen LogP contribution < -0.4 is 24.8 Å². The van der Waals surface area contributed by atoms with Gasteiger partial charge in [0, 0.05) is 18.4 Å². The van der Waals surface area contributed by atoms with Crippen molar-refractivity contribution in [1.82, 2.24) is 30.2 Å². The number of ether oxygens (including phenoxy) is 3. The van der Waals surface area contributed by atoms with Crippen molar-refractivity contribution in [1.29, 1.82) is 0 Å². The van der Waals surface area contributed by atoms with Crippen LogP contribution in [-0.2, 0) is 35.3 Å². The van der Waals surface area contributed by atoms with Crippen LogP contribution in [0.1, 0.15) is 92.2 Å². The van der Waals surface area contributed by atoms with E-state index < -0.39 is 117 Å². The van der Waals surface area contributed by atoms with Crippen molar-refractivity contribution in [2.24, 2.45) is 17.8 Å². The van der Waals surface area contributed by atoms with Gasteiger partial charge in [0.2, 0.25) is 39.0 Å². The highest BCUT2D eigenvalue weighted by atomic mass is 32.2. The number of rotatable bonds is 9. The van der Waals surface area contributed by atoms with Gasteiger partial charge in [0.25, 0.3) is 5.91 Å². The number of fused-ring (bicyclic) bond motifs is 3. The molecule has 2 aliphatic carbocycles. The molecule has 6 rings (SSSR count). The van der Waals surface area contributed by atoms with Gasteiger partial charge >= 0.3 is 18.4 Å². The summed E-state index contributed by atoms with van der Waals surface area (Å²) in [4.78, 5) is 65.0. The van der Waals surface area contributed by atoms with Gasteiger partial charge < -0.3 is 29.7 Å². The molecular formula is C40H50F6N6O9S. The van der Waals surface area contributed by atoms with E-state index in [2.05, 4.69) is 25.3 Å². The number of hydrogen-bond acceptors (Lipinski definition) is 11. The molecule has 0 bridgehead atoms. The van der Waals surface area contributed by atoms with Crippen molar-refractivity contribution < 1.29 is 68.1 Å². The summed E-state index contributed by atoms with van der Waals surface area (Å²) in [6.45, 7) is 7.43. The van der Waals surface area contributed by atoms with E-state index in [1.807, 2.05) is 6.92 Å². The topological polar surface area (TPSA) is 195 Å². The van der Waals surface area contributed by atoms with Crippen LogP contribution in [0.5, 0.6) is 11.6 Å². The number of hydrogen-bond donors (Lipinski definition) is 3. The number of alkyl halides is 6. The molecule has 15 nitrogen and oxygen atoms in total. The minimum absolute atomic E-state index is 0.0309. The lowest BCUT2D eigenvalue weighted by molar-refractivity contribution is -0.244. The van der Waals surface area contributed by atoms with Gasteiger partial charge in [0.05, 0.1) is 28.9 Å². The fourth-order valence-corrected chi connectivity index (χ4v) is 9.05. The minimum atomic E-state index is -5.09. The molecule has 1 aromatic heterocycles. The Morgan fingerprint density at radius 3 is 2.35 bits per heavy atom. The van der Waals surface area contributed by atoms with Crippen LogP contribution in [0.2, 0.25) is 0 Å². The van der Waals surface area contributed by atoms with Crippen molar-refractivity contribution in [3.8, 4) is 11.6 Å². The highest BCUT2D eigenvalue weighted by Gasteiger charge is 2.63. The van der Waals surface area contributed by atoms with Gasteiger partial charge in [-0.2, -0.15) is 26.3 Å². The third-order valence-electron chi connectivity index (χ3n) is 12.0. The van der Waals surface area contributed by atoms with Crippen LogP contribution >= 0.6 is 0 Å². The molecule has 342 valence electrons. The molecule has 62 heavy (non-hydrogen) atoms. The first kappa shape index (κ1) is 46.6. The van der Waals surface area contributed by atoms with Crippen LogP contribution in [0.15, 0.2) is 30.4 Å². The minimum Gasteiger partial charge on any atom is -0.494 e. The fourth-order valence-electron chi connectivity index (χ4n) is 7.74. The molecular weight excluding hydrogens is 855 g/mol. The third-order valence-corrected chi connectivity index (χ3v) is 14.2. The molecule has 1 saturated heterocycles. The largest absolute Gasteiger partial charge is 0.494 e. The zero-order valence-corrected chi connectivity index (χ0v) is 35.7. The van der Waals surface area contributed by atoms with Crippen molar-refractivity contribution in [3.63, 3.8) is 0 Å². The Bertz CT molecular complexity index is 2230. The number of nitrogens with one attached hydrogen (secondary N) is 3. The van der Waals surface area contributed by atoms with Gasteiger partial charge in [-0.3, -0.25) is 19.1 Å². The zero-order valence-electron chi connectivity index (χ0n) is 34.9. The standard InChI is InChI=1S/C40H50F6N6O9S/c1-7-59-24-12-13-26-27(17-24)48-32(30(47-26)39(41,42)43)60-25-18-28-31(53)50-38(34(55)51-62(57,58)37(6)14-15-37)19-23(38)11-9-8-10-21(2)16-22(3)29(33(54)52(28)20-25)49-35(56)61-36(4,5)40(44,45)46/h9,11-13,17,21-23,25,28-29H,7-8,10,14-16,18-20H2,1-6H3,(H,49,56)(H,50,53)(H,51,55). The van der Waals surface area contributed by atoms with Crippen molar-refractivity contribution in [2.75, 3.05) is 13.2 Å². The van der Waals surface area contributed by atoms with E-state index in [9.17, 15) is 53.9 Å².